The van der Waals surface area contributed by atoms with Crippen LogP contribution < -0.4 is 0 Å². The van der Waals surface area contributed by atoms with Crippen LogP contribution in [0.1, 0.15) is 14.9 Å². The molecule has 28 aromatic rings. The zero-order valence-electron chi connectivity index (χ0n) is 74.4. The first-order valence-electron chi connectivity index (χ1n) is 46.3. The molecule has 0 fully saturated rings. The van der Waals surface area contributed by atoms with Gasteiger partial charge in [0.05, 0.1) is 61.6 Å². The van der Waals surface area contributed by atoms with Crippen LogP contribution in [0, 0.1) is 0 Å². The zero-order valence-corrected chi connectivity index (χ0v) is 76.0. The highest BCUT2D eigenvalue weighted by Gasteiger charge is 2.25. The maximum atomic E-state index is 6.40. The lowest BCUT2D eigenvalue weighted by atomic mass is 9.99. The summed E-state index contributed by atoms with van der Waals surface area (Å²) >= 11 is 3.74. The maximum absolute atomic E-state index is 6.40. The van der Waals surface area contributed by atoms with Gasteiger partial charge in [-0.25, -0.2) is 29.9 Å². The van der Waals surface area contributed by atoms with E-state index in [0.29, 0.717) is 17.8 Å². The van der Waals surface area contributed by atoms with Gasteiger partial charge in [0.1, 0.15) is 11.2 Å². The number of benzene rings is 19. The first-order chi connectivity index (χ1) is 68.4. The third kappa shape index (κ3) is 15.2. The molecule has 12 heteroatoms. The summed E-state index contributed by atoms with van der Waals surface area (Å²) < 4.78 is 18.3. The Hall–Kier alpha value is -17.9. The number of nitrogens with zero attached hydrogens (tertiary/aromatic N) is 9. The molecule has 0 aliphatic heterocycles. The van der Waals surface area contributed by atoms with Gasteiger partial charge in [0, 0.05) is 123 Å². The van der Waals surface area contributed by atoms with Crippen LogP contribution in [0.4, 0.5) is 0 Å². The van der Waals surface area contributed by atoms with Gasteiger partial charge in [-0.15, -0.1) is 22.7 Å². The lowest BCUT2D eigenvalue weighted by molar-refractivity contribution is 0.670. The highest BCUT2D eigenvalue weighted by Crippen LogP contribution is 2.48. The van der Waals surface area contributed by atoms with E-state index in [9.17, 15) is 0 Å². The van der Waals surface area contributed by atoms with Crippen LogP contribution in [0.3, 0.4) is 0 Å². The Labute approximate surface area is 816 Å². The number of fused-ring (bicyclic) bond motifs is 18. The van der Waals surface area contributed by atoms with E-state index in [1.165, 1.54) is 106 Å². The zero-order chi connectivity index (χ0) is 91.1. The number of para-hydroxylation sites is 4. The van der Waals surface area contributed by atoms with E-state index in [1.807, 2.05) is 114 Å². The summed E-state index contributed by atoms with van der Waals surface area (Å²) in [7, 11) is 0. The molecule has 0 spiro atoms. The van der Waals surface area contributed by atoms with Crippen molar-refractivity contribution in [1.82, 2.24) is 43.6 Å². The highest BCUT2D eigenvalue weighted by atomic mass is 32.1. The highest BCUT2D eigenvalue weighted by molar-refractivity contribution is 7.26. The van der Waals surface area contributed by atoms with E-state index in [1.54, 1.807) is 0 Å². The minimum atomic E-state index is 0. The largest absolute Gasteiger partial charge is 0.455 e. The Morgan fingerprint density at radius 3 is 0.936 bits per heavy atom. The Morgan fingerprint density at radius 2 is 0.479 bits per heavy atom. The predicted molar refractivity (Wildman–Crippen MR) is 590 cm³/mol. The lowest BCUT2D eigenvalue weighted by Crippen LogP contribution is -2.04. The van der Waals surface area contributed by atoms with Crippen LogP contribution in [-0.4, -0.2) is 43.6 Å². The molecule has 0 bridgehead atoms. The number of aromatic nitrogens is 9. The summed E-state index contributed by atoms with van der Waals surface area (Å²) in [6, 6.07) is 167. The van der Waals surface area contributed by atoms with Crippen molar-refractivity contribution in [2.45, 2.75) is 14.9 Å². The molecule has 0 saturated carbocycles. The number of rotatable bonds is 13. The van der Waals surface area contributed by atoms with Gasteiger partial charge in [-0.1, -0.05) is 391 Å². The van der Waals surface area contributed by atoms with Crippen molar-refractivity contribution in [3.8, 4) is 130 Å². The second-order valence-corrected chi connectivity index (χ2v) is 36.8. The van der Waals surface area contributed by atoms with Crippen LogP contribution in [0.15, 0.2) is 484 Å². The standard InChI is InChI=1S/C46H29N3S.C40H25N3O.C40H25N3S.2CH4/c1-3-12-30(13-4-1)31-22-24-33(25-23-31)41-29-40(32-14-5-2-6-15-32)47-46(48-41)49-42-20-9-7-16-36(42)39-28-34(26-27-43(39)49)35-18-11-19-38-37-17-8-10-21-44(37)50-45(35)38;1-3-12-26(13-4-1)34-25-35(27-14-5-2-6-15-27)42-40(41-34)43-36-20-9-7-16-30(36)33-24-28(22-23-37(33)43)29-18-11-19-32-31-17-8-10-21-38(31)44-39(29)32;1-3-10-26(11-4-1)28-18-20-36-33(24-28)34-25-29(30-15-9-16-32-31-14-7-8-17-38(31)44-39(30)32)19-21-37(34)43(36)40-41-23-22-35(42-40)27-12-5-2-6-13-27;;/h1-29H;2*1-25H;2*1H4. The minimum Gasteiger partial charge on any atom is -0.455 e. The molecule has 0 aliphatic rings. The summed E-state index contributed by atoms with van der Waals surface area (Å²) in [6.45, 7) is 0. The van der Waals surface area contributed by atoms with Crippen molar-refractivity contribution in [3.63, 3.8) is 0 Å². The first-order valence-corrected chi connectivity index (χ1v) is 48.0. The summed E-state index contributed by atoms with van der Waals surface area (Å²) in [5.74, 6) is 1.96. The molecule has 9 heterocycles. The average Bonchev–Trinajstić information content (AvgIpc) is 1.60. The molecular weight excluding hydrogens is 1740 g/mol. The summed E-state index contributed by atoms with van der Waals surface area (Å²) in [4.78, 5) is 30.7. The summed E-state index contributed by atoms with van der Waals surface area (Å²) in [5, 5.41) is 14.5. The molecule has 0 atom stereocenters. The van der Waals surface area contributed by atoms with Gasteiger partial charge in [-0.2, -0.15) is 0 Å². The smallest absolute Gasteiger partial charge is 0.235 e. The third-order valence-electron chi connectivity index (χ3n) is 26.6. The topological polar surface area (TPSA) is 105 Å². The van der Waals surface area contributed by atoms with Crippen LogP contribution in [0.25, 0.3) is 257 Å². The van der Waals surface area contributed by atoms with Gasteiger partial charge in [0.15, 0.2) is 0 Å². The lowest BCUT2D eigenvalue weighted by Gasteiger charge is -2.12. The minimum absolute atomic E-state index is 0. The average molecular weight is 1830 g/mol. The molecule has 10 nitrogen and oxygen atoms in total. The quantitative estimate of drug-likeness (QED) is 0.113. The van der Waals surface area contributed by atoms with Crippen molar-refractivity contribution in [2.24, 2.45) is 0 Å². The number of furan rings is 1. The van der Waals surface area contributed by atoms with Crippen LogP contribution in [-0.2, 0) is 0 Å². The van der Waals surface area contributed by atoms with Crippen molar-refractivity contribution in [3.05, 3.63) is 479 Å². The molecule has 140 heavy (non-hydrogen) atoms. The van der Waals surface area contributed by atoms with Crippen molar-refractivity contribution in [2.75, 3.05) is 0 Å². The molecule has 0 aliphatic carbocycles. The van der Waals surface area contributed by atoms with Crippen molar-refractivity contribution in [1.29, 1.82) is 0 Å². The Morgan fingerprint density at radius 1 is 0.186 bits per heavy atom. The fourth-order valence-corrected chi connectivity index (χ4v) is 22.5. The summed E-state index contributed by atoms with van der Waals surface area (Å²) in [6.07, 6.45) is 1.86. The van der Waals surface area contributed by atoms with Crippen LogP contribution >= 0.6 is 22.7 Å². The Bertz CT molecular complexity index is 9530. The molecule has 0 radical (unpaired) electrons. The van der Waals surface area contributed by atoms with Gasteiger partial charge < -0.3 is 4.42 Å². The normalized spacial score (nSPS) is 11.5. The van der Waals surface area contributed by atoms with Crippen LogP contribution in [0.2, 0.25) is 0 Å². The van der Waals surface area contributed by atoms with Crippen molar-refractivity contribution < 1.29 is 4.42 Å². The second kappa shape index (κ2) is 36.0. The van der Waals surface area contributed by atoms with Gasteiger partial charge in [0.25, 0.3) is 0 Å². The second-order valence-electron chi connectivity index (χ2n) is 34.7. The van der Waals surface area contributed by atoms with Gasteiger partial charge >= 0.3 is 0 Å². The monoisotopic (exact) mass is 1830 g/mol. The molecule has 9 aromatic heterocycles. The van der Waals surface area contributed by atoms with E-state index < -0.39 is 0 Å². The third-order valence-corrected chi connectivity index (χ3v) is 29.0. The van der Waals surface area contributed by atoms with E-state index in [-0.39, 0.29) is 14.9 Å². The van der Waals surface area contributed by atoms with Gasteiger partial charge in [-0.3, -0.25) is 13.7 Å². The number of hydrogen-bond acceptors (Lipinski definition) is 9. The van der Waals surface area contributed by atoms with E-state index in [0.717, 1.165) is 133 Å². The molecule has 19 aromatic carbocycles. The van der Waals surface area contributed by atoms with Gasteiger partial charge in [-0.05, 0) is 147 Å². The summed E-state index contributed by atoms with van der Waals surface area (Å²) in [5.41, 5.74) is 29.8. The SMILES string of the molecule is C.C.c1ccc(-c2cc(-c3ccccc3)nc(-n3c4ccccc4c4cc(-c5cccc6c5oc5ccccc56)ccc43)n2)cc1.c1ccc(-c2ccc(-c3cc(-c4ccccc4)nc(-n4c5ccccc5c5cc(-c6cccc7c6sc6ccccc67)ccc54)n3)cc2)cc1.c1ccc(-c2ccc3c(c2)c2cc(-c4cccc5c4sc4ccccc45)ccc2n3-c2nccc(-c3ccccc3)n2)cc1. The number of hydrogen-bond donors (Lipinski definition) is 0. The Kier molecular flexibility index (Phi) is 21.9. The molecule has 0 unspecified atom stereocenters. The predicted octanol–water partition coefficient (Wildman–Crippen LogP) is 35.3. The van der Waals surface area contributed by atoms with E-state index in [4.69, 9.17) is 34.3 Å². The van der Waals surface area contributed by atoms with Gasteiger partial charge in [0.2, 0.25) is 17.8 Å². The maximum Gasteiger partial charge on any atom is 0.235 e. The number of thiophene rings is 2. The molecule has 0 N–H and O–H groups in total. The Balaban J connectivity index is 0.000000113. The molecular formula is C128H87N9OS2. The molecule has 0 amide bonds. The van der Waals surface area contributed by atoms with Crippen molar-refractivity contribution >= 4 is 150 Å². The molecule has 0 saturated heterocycles. The van der Waals surface area contributed by atoms with E-state index in [2.05, 4.69) is 402 Å². The fourth-order valence-electron chi connectivity index (χ4n) is 20.0. The first kappa shape index (κ1) is 85.0. The fraction of sp³-hybridized carbons (Fsp3) is 0.0156. The molecule has 28 rings (SSSR count). The van der Waals surface area contributed by atoms with Crippen LogP contribution in [0.5, 0.6) is 0 Å². The van der Waals surface area contributed by atoms with E-state index >= 15 is 0 Å². The molecule has 662 valence electrons.